The van der Waals surface area contributed by atoms with E-state index < -0.39 is 0 Å². The van der Waals surface area contributed by atoms with Gasteiger partial charge in [-0.1, -0.05) is 24.3 Å². The fraction of sp³-hybridized carbons (Fsp3) is 0.536. The zero-order chi connectivity index (χ0) is 23.9. The first kappa shape index (κ1) is 23.2. The van der Waals surface area contributed by atoms with Crippen LogP contribution in [0.4, 0.5) is 5.69 Å². The second kappa shape index (κ2) is 8.90. The Bertz CT molecular complexity index is 1060. The van der Waals surface area contributed by atoms with E-state index in [2.05, 4.69) is 42.3 Å². The monoisotopic (exact) mass is 464 g/mol. The van der Waals surface area contributed by atoms with Crippen molar-refractivity contribution < 1.29 is 19.0 Å². The lowest BCUT2D eigenvalue weighted by molar-refractivity contribution is -0.174. The van der Waals surface area contributed by atoms with Crippen LogP contribution in [0.1, 0.15) is 50.3 Å². The molecule has 1 spiro atoms. The van der Waals surface area contributed by atoms with Crippen LogP contribution < -0.4 is 14.8 Å². The van der Waals surface area contributed by atoms with Crippen LogP contribution in [0.3, 0.4) is 0 Å². The molecule has 6 nitrogen and oxygen atoms in total. The number of carbonyl (C=O) groups excluding carboxylic acids is 1. The van der Waals surface area contributed by atoms with Gasteiger partial charge in [-0.25, -0.2) is 0 Å². The number of hydrogen-bond acceptors (Lipinski definition) is 5. The molecule has 0 saturated carbocycles. The highest BCUT2D eigenvalue weighted by Crippen LogP contribution is 2.55. The quantitative estimate of drug-likeness (QED) is 0.692. The van der Waals surface area contributed by atoms with Gasteiger partial charge >= 0.3 is 0 Å². The number of anilines is 1. The van der Waals surface area contributed by atoms with E-state index in [0.29, 0.717) is 18.2 Å². The van der Waals surface area contributed by atoms with Crippen LogP contribution in [-0.2, 0) is 9.53 Å². The molecule has 2 saturated heterocycles. The van der Waals surface area contributed by atoms with Gasteiger partial charge in [0.15, 0.2) is 0 Å². The SMILES string of the molecule is COc1ccc(C)cc1NC(=O)CN1CCC2(CC1)CO[C@@H]1c3ccccc3OC(C)(C)[C@H]1C2. The van der Waals surface area contributed by atoms with Gasteiger partial charge in [-0.2, -0.15) is 0 Å². The van der Waals surface area contributed by atoms with E-state index in [4.69, 9.17) is 14.2 Å². The zero-order valence-corrected chi connectivity index (χ0v) is 20.7. The predicted molar refractivity (Wildman–Crippen MR) is 132 cm³/mol. The molecule has 0 aromatic heterocycles. The first-order valence-electron chi connectivity index (χ1n) is 12.3. The van der Waals surface area contributed by atoms with E-state index in [1.165, 1.54) is 5.56 Å². The van der Waals surface area contributed by atoms with Crippen molar-refractivity contribution in [2.24, 2.45) is 11.3 Å². The van der Waals surface area contributed by atoms with Crippen LogP contribution in [0.2, 0.25) is 0 Å². The van der Waals surface area contributed by atoms with Crippen molar-refractivity contribution in [2.75, 3.05) is 38.7 Å². The number of para-hydroxylation sites is 1. The molecule has 3 aliphatic heterocycles. The second-order valence-electron chi connectivity index (χ2n) is 10.8. The summed E-state index contributed by atoms with van der Waals surface area (Å²) in [5, 5.41) is 3.03. The number of aryl methyl sites for hydroxylation is 1. The molecule has 2 aromatic rings. The summed E-state index contributed by atoms with van der Waals surface area (Å²) >= 11 is 0. The van der Waals surface area contributed by atoms with E-state index in [0.717, 1.165) is 56.0 Å². The fourth-order valence-corrected chi connectivity index (χ4v) is 5.95. The molecule has 0 radical (unpaired) electrons. The Labute approximate surface area is 202 Å². The number of hydrogen-bond donors (Lipinski definition) is 1. The third-order valence-electron chi connectivity index (χ3n) is 7.99. The van der Waals surface area contributed by atoms with Gasteiger partial charge in [-0.05, 0) is 82.3 Å². The molecule has 3 aliphatic rings. The van der Waals surface area contributed by atoms with Crippen molar-refractivity contribution in [3.05, 3.63) is 53.6 Å². The lowest BCUT2D eigenvalue weighted by Gasteiger charge is -2.54. The maximum absolute atomic E-state index is 12.8. The fourth-order valence-electron chi connectivity index (χ4n) is 5.95. The molecule has 1 amide bonds. The van der Waals surface area contributed by atoms with Crippen LogP contribution in [0, 0.1) is 18.3 Å². The van der Waals surface area contributed by atoms with Crippen molar-refractivity contribution in [3.8, 4) is 11.5 Å². The zero-order valence-electron chi connectivity index (χ0n) is 20.7. The summed E-state index contributed by atoms with van der Waals surface area (Å²) in [5.74, 6) is 1.96. The highest BCUT2D eigenvalue weighted by Gasteiger charge is 2.52. The van der Waals surface area contributed by atoms with Crippen LogP contribution in [0.25, 0.3) is 0 Å². The first-order chi connectivity index (χ1) is 16.3. The van der Waals surface area contributed by atoms with Crippen LogP contribution in [0.5, 0.6) is 11.5 Å². The summed E-state index contributed by atoms with van der Waals surface area (Å²) < 4.78 is 18.4. The molecule has 3 heterocycles. The summed E-state index contributed by atoms with van der Waals surface area (Å²) in [5.41, 5.74) is 2.88. The molecule has 0 aliphatic carbocycles. The summed E-state index contributed by atoms with van der Waals surface area (Å²) in [4.78, 5) is 15.0. The molecule has 2 atom stereocenters. The molecule has 2 aromatic carbocycles. The Hall–Kier alpha value is -2.57. The smallest absolute Gasteiger partial charge is 0.238 e. The van der Waals surface area contributed by atoms with Crippen molar-refractivity contribution in [1.29, 1.82) is 0 Å². The van der Waals surface area contributed by atoms with E-state index >= 15 is 0 Å². The Morgan fingerprint density at radius 3 is 2.71 bits per heavy atom. The molecule has 1 N–H and O–H groups in total. The van der Waals surface area contributed by atoms with Gasteiger partial charge < -0.3 is 19.5 Å². The minimum atomic E-state index is -0.268. The second-order valence-corrected chi connectivity index (χ2v) is 10.8. The molecule has 5 rings (SSSR count). The number of nitrogens with zero attached hydrogens (tertiary/aromatic N) is 1. The molecule has 34 heavy (non-hydrogen) atoms. The molecular weight excluding hydrogens is 428 g/mol. The normalized spacial score (nSPS) is 25.1. The summed E-state index contributed by atoms with van der Waals surface area (Å²) in [7, 11) is 1.62. The third kappa shape index (κ3) is 4.41. The number of piperidine rings is 1. The molecule has 2 fully saturated rings. The number of ether oxygens (including phenoxy) is 3. The topological polar surface area (TPSA) is 60.0 Å². The first-order valence-corrected chi connectivity index (χ1v) is 12.3. The molecule has 0 unspecified atom stereocenters. The van der Waals surface area contributed by atoms with Gasteiger partial charge in [-0.15, -0.1) is 0 Å². The average Bonchev–Trinajstić information content (AvgIpc) is 2.81. The van der Waals surface area contributed by atoms with Crippen molar-refractivity contribution >= 4 is 11.6 Å². The van der Waals surface area contributed by atoms with Gasteiger partial charge in [0.05, 0.1) is 32.1 Å². The number of methoxy groups -OCH3 is 1. The van der Waals surface area contributed by atoms with E-state index in [1.54, 1.807) is 7.11 Å². The summed E-state index contributed by atoms with van der Waals surface area (Å²) in [6.07, 6.45) is 3.27. The van der Waals surface area contributed by atoms with Crippen molar-refractivity contribution in [2.45, 2.75) is 51.7 Å². The maximum atomic E-state index is 12.8. The number of benzene rings is 2. The van der Waals surface area contributed by atoms with Crippen LogP contribution >= 0.6 is 0 Å². The van der Waals surface area contributed by atoms with Crippen molar-refractivity contribution in [3.63, 3.8) is 0 Å². The van der Waals surface area contributed by atoms with Gasteiger partial charge in [0, 0.05) is 11.5 Å². The van der Waals surface area contributed by atoms with Crippen LogP contribution in [0.15, 0.2) is 42.5 Å². The van der Waals surface area contributed by atoms with Gasteiger partial charge in [0.25, 0.3) is 0 Å². The number of rotatable bonds is 4. The van der Waals surface area contributed by atoms with Gasteiger partial charge in [0.2, 0.25) is 5.91 Å². The van der Waals surface area contributed by atoms with Crippen LogP contribution in [-0.4, -0.2) is 49.8 Å². The molecule has 182 valence electrons. The van der Waals surface area contributed by atoms with E-state index in [-0.39, 0.29) is 23.0 Å². The number of likely N-dealkylation sites (tertiary alicyclic amines) is 1. The minimum absolute atomic E-state index is 0.00164. The highest BCUT2D eigenvalue weighted by atomic mass is 16.5. The summed E-state index contributed by atoms with van der Waals surface area (Å²) in [6.45, 7) is 9.37. The Morgan fingerprint density at radius 2 is 1.94 bits per heavy atom. The number of fused-ring (bicyclic) bond motifs is 3. The van der Waals surface area contributed by atoms with Gasteiger partial charge in [0.1, 0.15) is 17.1 Å². The highest BCUT2D eigenvalue weighted by molar-refractivity contribution is 5.93. The molecular formula is C28H36N2O4. The predicted octanol–water partition coefficient (Wildman–Crippen LogP) is 4.97. The van der Waals surface area contributed by atoms with Crippen molar-refractivity contribution in [1.82, 2.24) is 4.90 Å². The Balaban J connectivity index is 1.20. The van der Waals surface area contributed by atoms with E-state index in [9.17, 15) is 4.79 Å². The average molecular weight is 465 g/mol. The molecule has 6 heteroatoms. The number of amides is 1. The Morgan fingerprint density at radius 1 is 1.18 bits per heavy atom. The maximum Gasteiger partial charge on any atom is 0.238 e. The minimum Gasteiger partial charge on any atom is -0.495 e. The third-order valence-corrected chi connectivity index (χ3v) is 7.99. The number of nitrogens with one attached hydrogen (secondary N) is 1. The molecule has 0 bridgehead atoms. The lowest BCUT2D eigenvalue weighted by atomic mass is 9.64. The summed E-state index contributed by atoms with van der Waals surface area (Å²) in [6, 6.07) is 14.1. The lowest BCUT2D eigenvalue weighted by Crippen LogP contribution is -2.54. The van der Waals surface area contributed by atoms with E-state index in [1.807, 2.05) is 31.2 Å². The largest absolute Gasteiger partial charge is 0.495 e. The van der Waals surface area contributed by atoms with Gasteiger partial charge in [-0.3, -0.25) is 9.69 Å². The number of carbonyl (C=O) groups is 1. The Kier molecular flexibility index (Phi) is 6.07. The standard InChI is InChI=1S/C28H36N2O4/c1-19-9-10-24(32-4)22(15-19)29-25(31)17-30-13-11-28(12-14-30)16-21-26(33-18-28)20-7-5-6-8-23(20)34-27(21,2)3/h5-10,15,21,26H,11-14,16-18H2,1-4H3,(H,29,31)/t21-,26+/m0/s1.